The van der Waals surface area contributed by atoms with Crippen molar-refractivity contribution in [2.75, 3.05) is 5.73 Å². The molecule has 0 amide bonds. The van der Waals surface area contributed by atoms with Gasteiger partial charge in [-0.15, -0.1) is 0 Å². The molecule has 0 saturated carbocycles. The topological polar surface area (TPSA) is 109 Å². The molecule has 0 fully saturated rings. The number of benzene rings is 1. The van der Waals surface area contributed by atoms with Crippen LogP contribution in [0.25, 0.3) is 22.7 Å². The van der Waals surface area contributed by atoms with E-state index in [1.807, 2.05) is 31.4 Å². The van der Waals surface area contributed by atoms with Gasteiger partial charge in [-0.05, 0) is 30.0 Å². The van der Waals surface area contributed by atoms with Crippen LogP contribution < -0.4 is 5.73 Å². The van der Waals surface area contributed by atoms with Gasteiger partial charge in [0, 0.05) is 31.2 Å². The lowest BCUT2D eigenvalue weighted by Crippen LogP contribution is -2.31. The molecule has 0 spiro atoms. The van der Waals surface area contributed by atoms with Crippen LogP contribution in [0.1, 0.15) is 32.2 Å². The zero-order chi connectivity index (χ0) is 20.6. The molecule has 1 aromatic carbocycles. The number of rotatable bonds is 5. The van der Waals surface area contributed by atoms with Gasteiger partial charge in [0.25, 0.3) is 5.89 Å². The van der Waals surface area contributed by atoms with E-state index in [0.717, 1.165) is 16.7 Å². The van der Waals surface area contributed by atoms with Crippen LogP contribution >= 0.6 is 0 Å². The summed E-state index contributed by atoms with van der Waals surface area (Å²) in [6.07, 6.45) is 5.29. The van der Waals surface area contributed by atoms with Crippen LogP contribution in [-0.2, 0) is 12.5 Å². The number of nitrogens with zero attached hydrogens (tertiary/aromatic N) is 6. The van der Waals surface area contributed by atoms with E-state index < -0.39 is 5.41 Å². The average molecular weight is 389 g/mol. The largest absolute Gasteiger partial charge is 0.368 e. The molecule has 0 saturated heterocycles. The predicted octanol–water partition coefficient (Wildman–Crippen LogP) is 3.47. The Morgan fingerprint density at radius 2 is 1.72 bits per heavy atom. The first-order valence-corrected chi connectivity index (χ1v) is 9.40. The second-order valence-corrected chi connectivity index (χ2v) is 7.56. The number of nitrogens with two attached hydrogens (primary N) is 1. The highest BCUT2D eigenvalue weighted by Crippen LogP contribution is 2.38. The van der Waals surface area contributed by atoms with Gasteiger partial charge < -0.3 is 10.3 Å². The fourth-order valence-electron chi connectivity index (χ4n) is 3.28. The highest BCUT2D eigenvalue weighted by atomic mass is 16.5. The van der Waals surface area contributed by atoms with E-state index in [4.69, 9.17) is 10.3 Å². The fraction of sp³-hybridized carbons (Fsp3) is 0.286. The summed E-state index contributed by atoms with van der Waals surface area (Å²) in [4.78, 5) is 12.8. The number of aryl methyl sites for hydroxylation is 1. The molecule has 0 radical (unpaired) electrons. The van der Waals surface area contributed by atoms with E-state index in [1.54, 1.807) is 17.1 Å². The normalized spacial score (nSPS) is 13.6. The van der Waals surface area contributed by atoms with E-state index in [2.05, 4.69) is 58.1 Å². The van der Waals surface area contributed by atoms with Gasteiger partial charge in [-0.25, -0.2) is 9.97 Å². The zero-order valence-electron chi connectivity index (χ0n) is 16.9. The molecule has 4 aromatic rings. The van der Waals surface area contributed by atoms with Crippen molar-refractivity contribution in [1.29, 1.82) is 0 Å². The van der Waals surface area contributed by atoms with Gasteiger partial charge in [0.2, 0.25) is 5.95 Å². The third-order valence-electron chi connectivity index (χ3n) is 5.47. The van der Waals surface area contributed by atoms with E-state index in [0.29, 0.717) is 17.4 Å². The lowest BCUT2D eigenvalue weighted by atomic mass is 9.72. The Hall–Kier alpha value is -3.55. The number of hydrogen-bond acceptors (Lipinski definition) is 7. The van der Waals surface area contributed by atoms with Gasteiger partial charge in [-0.2, -0.15) is 10.1 Å². The van der Waals surface area contributed by atoms with Crippen LogP contribution in [0.3, 0.4) is 0 Å². The molecule has 3 heterocycles. The van der Waals surface area contributed by atoms with Gasteiger partial charge in [0.05, 0.1) is 5.41 Å². The summed E-state index contributed by atoms with van der Waals surface area (Å²) in [6.45, 7) is 6.43. The minimum absolute atomic E-state index is 0.238. The Labute approximate surface area is 168 Å². The van der Waals surface area contributed by atoms with Crippen LogP contribution in [0.4, 0.5) is 5.95 Å². The summed E-state index contributed by atoms with van der Waals surface area (Å²) in [5.41, 5.74) is 8.84. The smallest absolute Gasteiger partial charge is 0.278 e. The Kier molecular flexibility index (Phi) is 4.62. The maximum absolute atomic E-state index is 5.58. The molecule has 148 valence electrons. The summed E-state index contributed by atoms with van der Waals surface area (Å²) in [7, 11) is 1.85. The molecule has 0 aliphatic carbocycles. The maximum Gasteiger partial charge on any atom is 0.278 e. The van der Waals surface area contributed by atoms with Crippen molar-refractivity contribution in [2.45, 2.75) is 26.2 Å². The Morgan fingerprint density at radius 1 is 1.03 bits per heavy atom. The molecule has 1 atom stereocenters. The quantitative estimate of drug-likeness (QED) is 0.556. The van der Waals surface area contributed by atoms with Crippen LogP contribution in [-0.4, -0.2) is 29.9 Å². The first-order chi connectivity index (χ1) is 13.9. The van der Waals surface area contributed by atoms with Crippen molar-refractivity contribution < 1.29 is 4.52 Å². The maximum atomic E-state index is 5.58. The van der Waals surface area contributed by atoms with Gasteiger partial charge in [-0.3, -0.25) is 4.68 Å². The lowest BCUT2D eigenvalue weighted by Gasteiger charge is -2.31. The third kappa shape index (κ3) is 3.37. The van der Waals surface area contributed by atoms with Crippen molar-refractivity contribution in [2.24, 2.45) is 13.0 Å². The standard InChI is InChI=1S/C21H23N7O/c1-13(2)21(3,19-25-18(29-27-19)17-9-10-28(4)26-17)16-7-5-14(6-8-16)15-11-23-20(22)24-12-15/h5-13H,1-4H3,(H2,22,23,24)/t21-/m1/s1. The molecule has 0 unspecified atom stereocenters. The third-order valence-corrected chi connectivity index (χ3v) is 5.47. The monoisotopic (exact) mass is 389 g/mol. The molecular formula is C21H23N7O. The number of anilines is 1. The summed E-state index contributed by atoms with van der Waals surface area (Å²) in [5, 5.41) is 8.64. The highest BCUT2D eigenvalue weighted by molar-refractivity contribution is 5.62. The zero-order valence-corrected chi connectivity index (χ0v) is 16.9. The number of hydrogen-bond donors (Lipinski definition) is 1. The van der Waals surface area contributed by atoms with Crippen molar-refractivity contribution in [3.63, 3.8) is 0 Å². The molecule has 8 heteroatoms. The summed E-state index contributed by atoms with van der Waals surface area (Å²) in [5.74, 6) is 1.56. The molecule has 8 nitrogen and oxygen atoms in total. The van der Waals surface area contributed by atoms with Gasteiger partial charge >= 0.3 is 0 Å². The van der Waals surface area contributed by atoms with E-state index in [1.165, 1.54) is 0 Å². The average Bonchev–Trinajstić information content (AvgIpc) is 3.37. The summed E-state index contributed by atoms with van der Waals surface area (Å²) in [6, 6.07) is 10.1. The predicted molar refractivity (Wildman–Crippen MR) is 110 cm³/mol. The molecule has 0 bridgehead atoms. The SMILES string of the molecule is CC(C)[C@](C)(c1ccc(-c2cnc(N)nc2)cc1)c1noc(-c2ccn(C)n2)n1. The van der Waals surface area contributed by atoms with Crippen LogP contribution in [0.15, 0.2) is 53.4 Å². The van der Waals surface area contributed by atoms with Crippen molar-refractivity contribution >= 4 is 5.95 Å². The van der Waals surface area contributed by atoms with Gasteiger partial charge in [-0.1, -0.05) is 43.3 Å². The fourth-order valence-corrected chi connectivity index (χ4v) is 3.28. The Morgan fingerprint density at radius 3 is 2.31 bits per heavy atom. The van der Waals surface area contributed by atoms with E-state index in [-0.39, 0.29) is 11.9 Å². The lowest BCUT2D eigenvalue weighted by molar-refractivity contribution is 0.350. The Balaban J connectivity index is 1.70. The van der Waals surface area contributed by atoms with E-state index in [9.17, 15) is 0 Å². The summed E-state index contributed by atoms with van der Waals surface area (Å²) >= 11 is 0. The molecule has 4 rings (SSSR count). The highest BCUT2D eigenvalue weighted by Gasteiger charge is 2.37. The second kappa shape index (κ2) is 7.12. The second-order valence-electron chi connectivity index (χ2n) is 7.56. The van der Waals surface area contributed by atoms with E-state index >= 15 is 0 Å². The van der Waals surface area contributed by atoms with Crippen molar-refractivity contribution in [3.05, 3.63) is 60.3 Å². The van der Waals surface area contributed by atoms with Gasteiger partial charge in [0.1, 0.15) is 0 Å². The summed E-state index contributed by atoms with van der Waals surface area (Å²) < 4.78 is 7.23. The number of nitrogen functional groups attached to an aromatic ring is 1. The minimum atomic E-state index is -0.424. The molecular weight excluding hydrogens is 366 g/mol. The molecule has 2 N–H and O–H groups in total. The van der Waals surface area contributed by atoms with Crippen LogP contribution in [0, 0.1) is 5.92 Å². The van der Waals surface area contributed by atoms with Crippen LogP contribution in [0.5, 0.6) is 0 Å². The number of aromatic nitrogens is 6. The molecule has 0 aliphatic heterocycles. The van der Waals surface area contributed by atoms with Crippen molar-refractivity contribution in [3.8, 4) is 22.7 Å². The Bertz CT molecular complexity index is 1110. The molecule has 0 aliphatic rings. The van der Waals surface area contributed by atoms with Gasteiger partial charge in [0.15, 0.2) is 11.5 Å². The van der Waals surface area contributed by atoms with Crippen LogP contribution in [0.2, 0.25) is 0 Å². The first kappa shape index (κ1) is 18.8. The first-order valence-electron chi connectivity index (χ1n) is 9.40. The van der Waals surface area contributed by atoms with Crippen molar-refractivity contribution in [1.82, 2.24) is 29.9 Å². The molecule has 29 heavy (non-hydrogen) atoms. The minimum Gasteiger partial charge on any atom is -0.368 e. The molecule has 3 aromatic heterocycles.